The van der Waals surface area contributed by atoms with Crippen LogP contribution in [0.3, 0.4) is 0 Å². The van der Waals surface area contributed by atoms with Crippen LogP contribution in [0.15, 0.2) is 18.2 Å². The second kappa shape index (κ2) is 8.35. The van der Waals surface area contributed by atoms with E-state index in [0.29, 0.717) is 11.7 Å². The number of rotatable bonds is 4. The molecule has 1 N–H and O–H groups in total. The molecule has 1 amide bonds. The van der Waals surface area contributed by atoms with Crippen molar-refractivity contribution in [3.63, 3.8) is 0 Å². The number of fused-ring (bicyclic) bond motifs is 1. The molecule has 7 nitrogen and oxygen atoms in total. The monoisotopic (exact) mass is 423 g/mol. The van der Waals surface area contributed by atoms with Gasteiger partial charge in [-0.05, 0) is 43.4 Å². The van der Waals surface area contributed by atoms with E-state index in [2.05, 4.69) is 21.3 Å². The Bertz CT molecular complexity index is 922. The summed E-state index contributed by atoms with van der Waals surface area (Å²) in [5, 5.41) is 9.75. The van der Waals surface area contributed by atoms with Crippen LogP contribution >= 0.6 is 0 Å². The number of ether oxygens (including phenoxy) is 1. The lowest BCUT2D eigenvalue weighted by Gasteiger charge is -2.38. The third-order valence-electron chi connectivity index (χ3n) is 5.77. The van der Waals surface area contributed by atoms with Gasteiger partial charge in [-0.15, -0.1) is 5.10 Å². The number of hydrogen-bond donors (Lipinski definition) is 1. The molecule has 162 valence electrons. The zero-order valence-electron chi connectivity index (χ0n) is 16.7. The topological polar surface area (TPSA) is 72.3 Å². The van der Waals surface area contributed by atoms with E-state index in [-0.39, 0.29) is 5.69 Å². The van der Waals surface area contributed by atoms with E-state index in [0.717, 1.165) is 56.8 Å². The van der Waals surface area contributed by atoms with Gasteiger partial charge in [-0.2, -0.15) is 13.2 Å². The van der Waals surface area contributed by atoms with E-state index in [1.807, 2.05) is 17.4 Å². The highest BCUT2D eigenvalue weighted by molar-refractivity contribution is 5.93. The molecule has 0 radical (unpaired) electrons. The van der Waals surface area contributed by atoms with Gasteiger partial charge in [-0.3, -0.25) is 9.69 Å². The molecule has 1 aromatic heterocycles. The second-order valence-corrected chi connectivity index (χ2v) is 7.71. The number of benzene rings is 1. The number of amides is 1. The average Bonchev–Trinajstić information content (AvgIpc) is 3.12. The van der Waals surface area contributed by atoms with Crippen molar-refractivity contribution in [2.45, 2.75) is 44.9 Å². The second-order valence-electron chi connectivity index (χ2n) is 7.71. The molecule has 0 bridgehead atoms. The fourth-order valence-electron chi connectivity index (χ4n) is 4.20. The van der Waals surface area contributed by atoms with E-state index in [9.17, 15) is 18.0 Å². The quantitative estimate of drug-likeness (QED) is 0.818. The highest BCUT2D eigenvalue weighted by Gasteiger charge is 2.30. The van der Waals surface area contributed by atoms with Crippen molar-refractivity contribution in [1.29, 1.82) is 0 Å². The van der Waals surface area contributed by atoms with E-state index in [4.69, 9.17) is 4.74 Å². The Kier molecular flexibility index (Phi) is 5.79. The maximum atomic E-state index is 12.4. The van der Waals surface area contributed by atoms with Crippen molar-refractivity contribution in [3.05, 3.63) is 40.7 Å². The number of halogens is 3. The first-order chi connectivity index (χ1) is 14.3. The molecular formula is C20H24F3N5O2. The highest BCUT2D eigenvalue weighted by atomic mass is 19.4. The lowest BCUT2D eigenvalue weighted by atomic mass is 9.95. The van der Waals surface area contributed by atoms with Gasteiger partial charge in [-0.1, -0.05) is 17.3 Å². The first kappa shape index (κ1) is 20.8. The lowest BCUT2D eigenvalue weighted by molar-refractivity contribution is -0.123. The molecular weight excluding hydrogens is 399 g/mol. The molecule has 10 heteroatoms. The molecule has 4 rings (SSSR count). The van der Waals surface area contributed by atoms with Crippen LogP contribution in [-0.2, 0) is 17.7 Å². The summed E-state index contributed by atoms with van der Waals surface area (Å²) in [6, 6.07) is 6.45. The number of nitrogens with one attached hydrogen (secondary N) is 1. The summed E-state index contributed by atoms with van der Waals surface area (Å²) in [6.07, 6.45) is -1.58. The van der Waals surface area contributed by atoms with E-state index >= 15 is 0 Å². The van der Waals surface area contributed by atoms with Crippen molar-refractivity contribution in [2.75, 3.05) is 26.3 Å². The molecule has 0 saturated carbocycles. The van der Waals surface area contributed by atoms with Crippen LogP contribution in [0.4, 0.5) is 13.2 Å². The summed E-state index contributed by atoms with van der Waals surface area (Å²) in [4.78, 5) is 14.6. The average molecular weight is 423 g/mol. The predicted octanol–water partition coefficient (Wildman–Crippen LogP) is 2.40. The Morgan fingerprint density at radius 3 is 2.80 bits per heavy atom. The maximum absolute atomic E-state index is 12.4. The zero-order chi connectivity index (χ0) is 21.3. The number of alkyl halides is 3. The van der Waals surface area contributed by atoms with E-state index in [1.54, 1.807) is 11.6 Å². The molecule has 30 heavy (non-hydrogen) atoms. The third kappa shape index (κ3) is 4.34. The number of aromatic nitrogens is 3. The van der Waals surface area contributed by atoms with Gasteiger partial charge >= 0.3 is 6.18 Å². The fraction of sp³-hybridized carbons (Fsp3) is 0.550. The van der Waals surface area contributed by atoms with Crippen LogP contribution in [0.2, 0.25) is 0 Å². The first-order valence-corrected chi connectivity index (χ1v) is 10.0. The minimum Gasteiger partial charge on any atom is -0.381 e. The number of nitrogens with zero attached hydrogens (tertiary/aromatic N) is 4. The molecule has 0 atom stereocenters. The lowest BCUT2D eigenvalue weighted by Crippen LogP contribution is -2.42. The molecule has 3 heterocycles. The van der Waals surface area contributed by atoms with Gasteiger partial charge in [0.1, 0.15) is 6.54 Å². The van der Waals surface area contributed by atoms with Crippen LogP contribution in [0.25, 0.3) is 5.69 Å². The minimum absolute atomic E-state index is 0.100. The minimum atomic E-state index is -4.48. The Balaban J connectivity index is 1.55. The van der Waals surface area contributed by atoms with E-state index < -0.39 is 18.6 Å². The highest BCUT2D eigenvalue weighted by Crippen LogP contribution is 2.29. The largest absolute Gasteiger partial charge is 0.405 e. The Morgan fingerprint density at radius 1 is 1.30 bits per heavy atom. The van der Waals surface area contributed by atoms with Crippen LogP contribution in [0, 0.1) is 6.92 Å². The van der Waals surface area contributed by atoms with Gasteiger partial charge < -0.3 is 10.1 Å². The van der Waals surface area contributed by atoms with Crippen molar-refractivity contribution < 1.29 is 22.7 Å². The zero-order valence-corrected chi connectivity index (χ0v) is 16.7. The summed E-state index contributed by atoms with van der Waals surface area (Å²) >= 11 is 0. The summed E-state index contributed by atoms with van der Waals surface area (Å²) in [7, 11) is 0. The summed E-state index contributed by atoms with van der Waals surface area (Å²) in [6.45, 7) is 3.58. The maximum Gasteiger partial charge on any atom is 0.405 e. The van der Waals surface area contributed by atoms with Crippen molar-refractivity contribution in [1.82, 2.24) is 25.2 Å². The number of carbonyl (C=O) groups is 1. The van der Waals surface area contributed by atoms with Crippen molar-refractivity contribution in [3.8, 4) is 5.69 Å². The van der Waals surface area contributed by atoms with Crippen LogP contribution in [-0.4, -0.2) is 64.3 Å². The number of hydrogen-bond acceptors (Lipinski definition) is 5. The molecule has 2 aromatic rings. The summed E-state index contributed by atoms with van der Waals surface area (Å²) in [5.74, 6) is -0.883. The molecule has 0 spiro atoms. The van der Waals surface area contributed by atoms with Crippen LogP contribution in [0.5, 0.6) is 0 Å². The molecule has 1 fully saturated rings. The van der Waals surface area contributed by atoms with Crippen molar-refractivity contribution in [2.24, 2.45) is 0 Å². The Labute approximate surface area is 172 Å². The molecule has 2 aliphatic rings. The van der Waals surface area contributed by atoms with E-state index in [1.165, 1.54) is 5.56 Å². The molecule has 1 saturated heterocycles. The summed E-state index contributed by atoms with van der Waals surface area (Å²) < 4.78 is 44.2. The van der Waals surface area contributed by atoms with Crippen molar-refractivity contribution >= 4 is 5.91 Å². The SMILES string of the molecule is Cc1c(C(=O)NCC(F)(F)F)nnn1-c1cccc2c1CCN(C1CCOCC1)C2. The standard InChI is InChI=1S/C20H24F3N5O2/c1-13-18(19(29)24-12-20(21,22)23)25-26-28(13)17-4-2-3-14-11-27(8-5-16(14)17)15-6-9-30-10-7-15/h2-4,15H,5-12H2,1H3,(H,24,29). The normalized spacial score (nSPS) is 18.3. The van der Waals surface area contributed by atoms with Gasteiger partial charge in [0.05, 0.1) is 11.4 Å². The summed E-state index contributed by atoms with van der Waals surface area (Å²) in [5.41, 5.74) is 3.46. The van der Waals surface area contributed by atoms with Gasteiger partial charge in [0.2, 0.25) is 0 Å². The molecule has 1 aromatic carbocycles. The third-order valence-corrected chi connectivity index (χ3v) is 5.77. The molecule has 0 unspecified atom stereocenters. The predicted molar refractivity (Wildman–Crippen MR) is 102 cm³/mol. The van der Waals surface area contributed by atoms with Crippen LogP contribution < -0.4 is 5.32 Å². The van der Waals surface area contributed by atoms with Gasteiger partial charge in [0.25, 0.3) is 5.91 Å². The Morgan fingerprint density at radius 2 is 2.07 bits per heavy atom. The van der Waals surface area contributed by atoms with Crippen LogP contribution in [0.1, 0.15) is 40.2 Å². The van der Waals surface area contributed by atoms with Gasteiger partial charge in [0.15, 0.2) is 5.69 Å². The smallest absolute Gasteiger partial charge is 0.381 e. The molecule has 2 aliphatic heterocycles. The van der Waals surface area contributed by atoms with Gasteiger partial charge in [-0.25, -0.2) is 4.68 Å². The molecule has 0 aliphatic carbocycles. The fourth-order valence-corrected chi connectivity index (χ4v) is 4.20. The van der Waals surface area contributed by atoms with Gasteiger partial charge in [0, 0.05) is 32.3 Å². The first-order valence-electron chi connectivity index (χ1n) is 10.0. The Hall–Kier alpha value is -2.46. The number of carbonyl (C=O) groups excluding carboxylic acids is 1.